The maximum atomic E-state index is 14.7. The van der Waals surface area contributed by atoms with Crippen molar-refractivity contribution in [1.82, 2.24) is 19.9 Å². The van der Waals surface area contributed by atoms with Crippen molar-refractivity contribution < 1.29 is 9.18 Å². The fraction of sp³-hybridized carbons (Fsp3) is 0.200. The average Bonchev–Trinajstić information content (AvgIpc) is 2.85. The molecule has 0 amide bonds. The predicted octanol–water partition coefficient (Wildman–Crippen LogP) is 3.43. The summed E-state index contributed by atoms with van der Waals surface area (Å²) in [6.07, 6.45) is 3.89. The van der Waals surface area contributed by atoms with Gasteiger partial charge in [0.05, 0.1) is 34.2 Å². The van der Waals surface area contributed by atoms with Gasteiger partial charge in [0.2, 0.25) is 0 Å². The van der Waals surface area contributed by atoms with Crippen LogP contribution in [0.15, 0.2) is 59.7 Å². The highest BCUT2D eigenvalue weighted by atomic mass is 19.1. The first-order chi connectivity index (χ1) is 16.5. The van der Waals surface area contributed by atoms with Gasteiger partial charge in [0.15, 0.2) is 0 Å². The fourth-order valence-corrected chi connectivity index (χ4v) is 4.09. The van der Waals surface area contributed by atoms with Crippen LogP contribution in [0.5, 0.6) is 0 Å². The summed E-state index contributed by atoms with van der Waals surface area (Å²) in [5.41, 5.74) is 2.40. The molecular weight excluding hydrogens is 435 g/mol. The maximum absolute atomic E-state index is 14.7. The largest absolute Gasteiger partial charge is 0.368 e. The minimum atomic E-state index is -0.568. The second-order valence-electron chi connectivity index (χ2n) is 8.30. The molecule has 172 valence electrons. The Morgan fingerprint density at radius 1 is 1.09 bits per heavy atom. The van der Waals surface area contributed by atoms with Gasteiger partial charge in [-0.05, 0) is 43.4 Å². The number of rotatable bonds is 5. The number of halogens is 1. The second-order valence-corrected chi connectivity index (χ2v) is 8.30. The highest BCUT2D eigenvalue weighted by Crippen LogP contribution is 2.30. The predicted molar refractivity (Wildman–Crippen MR) is 130 cm³/mol. The van der Waals surface area contributed by atoms with Crippen molar-refractivity contribution in [3.63, 3.8) is 0 Å². The van der Waals surface area contributed by atoms with Gasteiger partial charge in [0, 0.05) is 43.5 Å². The topological polar surface area (TPSA) is 94.2 Å². The molecule has 1 aliphatic rings. The van der Waals surface area contributed by atoms with E-state index in [4.69, 9.17) is 0 Å². The third-order valence-electron chi connectivity index (χ3n) is 6.01. The van der Waals surface area contributed by atoms with Gasteiger partial charge >= 0.3 is 0 Å². The van der Waals surface area contributed by atoms with E-state index in [0.717, 1.165) is 37.9 Å². The van der Waals surface area contributed by atoms with Gasteiger partial charge in [-0.3, -0.25) is 9.59 Å². The molecule has 0 spiro atoms. The molecule has 0 aliphatic carbocycles. The number of anilines is 3. The molecule has 1 saturated heterocycles. The Morgan fingerprint density at radius 3 is 2.62 bits per heavy atom. The Bertz CT molecular complexity index is 1410. The van der Waals surface area contributed by atoms with Crippen molar-refractivity contribution in [2.45, 2.75) is 0 Å². The van der Waals surface area contributed by atoms with Crippen molar-refractivity contribution in [1.29, 1.82) is 0 Å². The normalized spacial score (nSPS) is 14.4. The average molecular weight is 458 g/mol. The lowest BCUT2D eigenvalue weighted by Gasteiger charge is -2.33. The van der Waals surface area contributed by atoms with Crippen LogP contribution in [0, 0.1) is 5.82 Å². The van der Waals surface area contributed by atoms with Crippen LogP contribution < -0.4 is 15.8 Å². The minimum absolute atomic E-state index is 0.231. The molecule has 5 rings (SSSR count). The number of aromatic amines is 1. The molecular formula is C25H23FN6O2. The lowest BCUT2D eigenvalue weighted by molar-refractivity contribution is 0.112. The lowest BCUT2D eigenvalue weighted by atomic mass is 10.1. The molecule has 9 heteroatoms. The quantitative estimate of drug-likeness (QED) is 0.443. The number of nitrogens with one attached hydrogen (secondary N) is 2. The number of fused-ring (bicyclic) bond motifs is 1. The standard InChI is InChI=1S/C25H23FN6O2/c1-31-8-10-32(11-9-31)17-3-5-23(28-14-17)30-22-13-21(18-4-2-16(15-33)12-19(18)26)29-20-6-7-27-25(34)24(20)22/h2-7,12-15H,8-11H2,1H3,(H,27,34)(H,28,29,30). The van der Waals surface area contributed by atoms with E-state index in [9.17, 15) is 14.0 Å². The Labute approximate surface area is 195 Å². The van der Waals surface area contributed by atoms with Gasteiger partial charge < -0.3 is 20.1 Å². The smallest absolute Gasteiger partial charge is 0.259 e. The number of aldehydes is 1. The molecule has 0 saturated carbocycles. The zero-order chi connectivity index (χ0) is 23.7. The van der Waals surface area contributed by atoms with Crippen LogP contribution >= 0.6 is 0 Å². The number of hydrogen-bond acceptors (Lipinski definition) is 7. The Hall–Kier alpha value is -4.11. The van der Waals surface area contributed by atoms with Gasteiger partial charge in [-0.2, -0.15) is 0 Å². The Morgan fingerprint density at radius 2 is 1.91 bits per heavy atom. The van der Waals surface area contributed by atoms with Crippen molar-refractivity contribution in [3.05, 3.63) is 76.6 Å². The van der Waals surface area contributed by atoms with E-state index in [2.05, 4.69) is 37.1 Å². The lowest BCUT2D eigenvalue weighted by Crippen LogP contribution is -2.44. The number of carbonyl (C=O) groups excluding carboxylic acids is 1. The third-order valence-corrected chi connectivity index (χ3v) is 6.01. The van der Waals surface area contributed by atoms with E-state index in [1.54, 1.807) is 18.3 Å². The van der Waals surface area contributed by atoms with E-state index >= 15 is 0 Å². The molecule has 0 atom stereocenters. The molecule has 1 aromatic carbocycles. The number of likely N-dealkylation sites (N-methyl/N-ethyl adjacent to an activating group) is 1. The Balaban J connectivity index is 1.51. The van der Waals surface area contributed by atoms with Crippen LogP contribution in [0.2, 0.25) is 0 Å². The summed E-state index contributed by atoms with van der Waals surface area (Å²) in [6, 6.07) is 11.3. The maximum Gasteiger partial charge on any atom is 0.259 e. The van der Waals surface area contributed by atoms with Gasteiger partial charge in [-0.25, -0.2) is 14.4 Å². The van der Waals surface area contributed by atoms with Crippen LogP contribution in [0.25, 0.3) is 22.2 Å². The van der Waals surface area contributed by atoms with Gasteiger partial charge in [0.25, 0.3) is 5.56 Å². The van der Waals surface area contributed by atoms with Crippen LogP contribution in [-0.4, -0.2) is 59.4 Å². The number of aromatic nitrogens is 3. The molecule has 2 N–H and O–H groups in total. The molecule has 8 nitrogen and oxygen atoms in total. The third kappa shape index (κ3) is 4.25. The van der Waals surface area contributed by atoms with E-state index in [1.165, 1.54) is 18.3 Å². The summed E-state index contributed by atoms with van der Waals surface area (Å²) >= 11 is 0. The van der Waals surface area contributed by atoms with Crippen molar-refractivity contribution >= 4 is 34.4 Å². The summed E-state index contributed by atoms with van der Waals surface area (Å²) < 4.78 is 14.7. The van der Waals surface area contributed by atoms with Crippen LogP contribution in [0.3, 0.4) is 0 Å². The number of H-pyrrole nitrogens is 1. The first-order valence-corrected chi connectivity index (χ1v) is 11.0. The molecule has 4 aromatic rings. The molecule has 3 aromatic heterocycles. The molecule has 1 aliphatic heterocycles. The number of pyridine rings is 3. The zero-order valence-electron chi connectivity index (χ0n) is 18.6. The molecule has 0 radical (unpaired) electrons. The summed E-state index contributed by atoms with van der Waals surface area (Å²) in [5, 5.41) is 3.55. The van der Waals surface area contributed by atoms with Crippen molar-refractivity contribution in [3.8, 4) is 11.3 Å². The molecule has 0 unspecified atom stereocenters. The van der Waals surface area contributed by atoms with Crippen molar-refractivity contribution in [2.75, 3.05) is 43.4 Å². The number of nitrogens with zero attached hydrogens (tertiary/aromatic N) is 4. The van der Waals surface area contributed by atoms with E-state index in [1.807, 2.05) is 12.1 Å². The van der Waals surface area contributed by atoms with Gasteiger partial charge in [-0.1, -0.05) is 6.07 Å². The van der Waals surface area contributed by atoms with Crippen molar-refractivity contribution in [2.24, 2.45) is 0 Å². The monoisotopic (exact) mass is 458 g/mol. The fourth-order valence-electron chi connectivity index (χ4n) is 4.09. The summed E-state index contributed by atoms with van der Waals surface area (Å²) in [5.74, 6) is -0.0155. The molecule has 1 fully saturated rings. The van der Waals surface area contributed by atoms with Gasteiger partial charge in [-0.15, -0.1) is 0 Å². The zero-order valence-corrected chi connectivity index (χ0v) is 18.6. The molecule has 0 bridgehead atoms. The van der Waals surface area contributed by atoms with E-state index in [0.29, 0.717) is 34.4 Å². The summed E-state index contributed by atoms with van der Waals surface area (Å²) in [6.45, 7) is 3.87. The SMILES string of the molecule is CN1CCN(c2ccc(Nc3cc(-c4ccc(C=O)cc4F)nc4cc[nH]c(=O)c34)nc2)CC1. The first-order valence-electron chi connectivity index (χ1n) is 11.0. The number of hydrogen-bond donors (Lipinski definition) is 2. The second kappa shape index (κ2) is 9.03. The highest BCUT2D eigenvalue weighted by Gasteiger charge is 2.16. The van der Waals surface area contributed by atoms with Gasteiger partial charge in [0.1, 0.15) is 17.9 Å². The highest BCUT2D eigenvalue weighted by molar-refractivity contribution is 5.94. The molecule has 4 heterocycles. The first kappa shape index (κ1) is 21.7. The van der Waals surface area contributed by atoms with Crippen LogP contribution in [-0.2, 0) is 0 Å². The summed E-state index contributed by atoms with van der Waals surface area (Å²) in [4.78, 5) is 39.8. The number of piperazine rings is 1. The number of carbonyl (C=O) groups is 1. The summed E-state index contributed by atoms with van der Waals surface area (Å²) in [7, 11) is 2.11. The number of benzene rings is 1. The van der Waals surface area contributed by atoms with Crippen LogP contribution in [0.1, 0.15) is 10.4 Å². The molecule has 34 heavy (non-hydrogen) atoms. The Kier molecular flexibility index (Phi) is 5.77. The van der Waals surface area contributed by atoms with Crippen LogP contribution in [0.4, 0.5) is 21.6 Å². The van der Waals surface area contributed by atoms with E-state index < -0.39 is 5.82 Å². The minimum Gasteiger partial charge on any atom is -0.368 e. The van der Waals surface area contributed by atoms with E-state index in [-0.39, 0.29) is 16.7 Å².